The van der Waals surface area contributed by atoms with Crippen molar-refractivity contribution in [2.24, 2.45) is 0 Å². The highest BCUT2D eigenvalue weighted by molar-refractivity contribution is 5.93. The van der Waals surface area contributed by atoms with E-state index in [4.69, 9.17) is 9.47 Å². The first kappa shape index (κ1) is 16.3. The smallest absolute Gasteiger partial charge is 0.269 e. The Morgan fingerprint density at radius 3 is 2.39 bits per heavy atom. The van der Waals surface area contributed by atoms with E-state index in [0.29, 0.717) is 22.7 Å². The van der Waals surface area contributed by atoms with E-state index in [1.165, 1.54) is 19.2 Å². The molecule has 2 aromatic rings. The van der Waals surface area contributed by atoms with Gasteiger partial charge in [-0.05, 0) is 17.7 Å². The van der Waals surface area contributed by atoms with E-state index in [1.54, 1.807) is 37.4 Å². The molecular weight excluding hydrogens is 300 g/mol. The number of nitro benzene ring substituents is 1. The van der Waals surface area contributed by atoms with E-state index >= 15 is 0 Å². The second-order valence-electron chi connectivity index (χ2n) is 4.71. The molecule has 0 saturated heterocycles. The summed E-state index contributed by atoms with van der Waals surface area (Å²) in [5.74, 6) is 0.860. The maximum atomic E-state index is 12.1. The number of ether oxygens (including phenoxy) is 2. The molecule has 0 aliphatic heterocycles. The van der Waals surface area contributed by atoms with Crippen LogP contribution in [0, 0.1) is 10.1 Å². The lowest BCUT2D eigenvalue weighted by Gasteiger charge is -2.11. The minimum absolute atomic E-state index is 0.00835. The molecule has 1 amide bonds. The highest BCUT2D eigenvalue weighted by atomic mass is 16.6. The van der Waals surface area contributed by atoms with Gasteiger partial charge in [-0.1, -0.05) is 12.1 Å². The lowest BCUT2D eigenvalue weighted by Crippen LogP contribution is -2.15. The van der Waals surface area contributed by atoms with Crippen LogP contribution in [0.4, 0.5) is 11.4 Å². The Morgan fingerprint density at radius 2 is 1.83 bits per heavy atom. The van der Waals surface area contributed by atoms with Crippen LogP contribution in [-0.2, 0) is 11.2 Å². The van der Waals surface area contributed by atoms with Crippen molar-refractivity contribution in [1.82, 2.24) is 0 Å². The Balaban J connectivity index is 2.06. The standard InChI is InChI=1S/C16H16N2O5/c1-22-13-7-8-14(15(10-13)23-2)17-16(19)9-11-3-5-12(6-4-11)18(20)21/h3-8,10H,9H2,1-2H3,(H,17,19). The number of hydrogen-bond donors (Lipinski definition) is 1. The molecule has 0 spiro atoms. The van der Waals surface area contributed by atoms with E-state index in [-0.39, 0.29) is 18.0 Å². The highest BCUT2D eigenvalue weighted by Gasteiger charge is 2.11. The number of benzene rings is 2. The van der Waals surface area contributed by atoms with E-state index < -0.39 is 4.92 Å². The number of amides is 1. The molecule has 0 atom stereocenters. The number of carbonyl (C=O) groups excluding carboxylic acids is 1. The first-order chi connectivity index (χ1) is 11.0. The predicted octanol–water partition coefficient (Wildman–Crippen LogP) is 2.79. The molecule has 0 unspecified atom stereocenters. The van der Waals surface area contributed by atoms with Crippen LogP contribution in [0.15, 0.2) is 42.5 Å². The minimum atomic E-state index is -0.480. The first-order valence-electron chi connectivity index (χ1n) is 6.78. The maximum absolute atomic E-state index is 12.1. The lowest BCUT2D eigenvalue weighted by molar-refractivity contribution is -0.384. The van der Waals surface area contributed by atoms with Gasteiger partial charge >= 0.3 is 0 Å². The van der Waals surface area contributed by atoms with Crippen LogP contribution in [0.2, 0.25) is 0 Å². The Morgan fingerprint density at radius 1 is 1.13 bits per heavy atom. The summed E-state index contributed by atoms with van der Waals surface area (Å²) in [6.07, 6.45) is 0.104. The third-order valence-electron chi connectivity index (χ3n) is 3.19. The Hall–Kier alpha value is -3.09. The van der Waals surface area contributed by atoms with Gasteiger partial charge in [0.05, 0.1) is 31.3 Å². The molecular formula is C16H16N2O5. The molecule has 0 bridgehead atoms. The fraction of sp³-hybridized carbons (Fsp3) is 0.188. The van der Waals surface area contributed by atoms with Crippen molar-refractivity contribution in [2.75, 3.05) is 19.5 Å². The van der Waals surface area contributed by atoms with Gasteiger partial charge in [-0.15, -0.1) is 0 Å². The third-order valence-corrected chi connectivity index (χ3v) is 3.19. The van der Waals surface area contributed by atoms with Gasteiger partial charge in [0.25, 0.3) is 5.69 Å². The van der Waals surface area contributed by atoms with Crippen LogP contribution < -0.4 is 14.8 Å². The van der Waals surface area contributed by atoms with Crippen molar-refractivity contribution >= 4 is 17.3 Å². The first-order valence-corrected chi connectivity index (χ1v) is 6.78. The van der Waals surface area contributed by atoms with E-state index in [9.17, 15) is 14.9 Å². The summed E-state index contributed by atoms with van der Waals surface area (Å²) in [5.41, 5.74) is 1.20. The molecule has 23 heavy (non-hydrogen) atoms. The predicted molar refractivity (Wildman–Crippen MR) is 85.0 cm³/mol. The zero-order valence-corrected chi connectivity index (χ0v) is 12.7. The molecule has 0 radical (unpaired) electrons. The number of non-ortho nitro benzene ring substituents is 1. The molecule has 0 aliphatic carbocycles. The topological polar surface area (TPSA) is 90.7 Å². The molecule has 2 rings (SSSR count). The fourth-order valence-electron chi connectivity index (χ4n) is 2.02. The van der Waals surface area contributed by atoms with Gasteiger partial charge in [-0.3, -0.25) is 14.9 Å². The molecule has 0 saturated carbocycles. The zero-order valence-electron chi connectivity index (χ0n) is 12.7. The maximum Gasteiger partial charge on any atom is 0.269 e. The average Bonchev–Trinajstić information content (AvgIpc) is 2.55. The molecule has 2 aromatic carbocycles. The normalized spacial score (nSPS) is 10.0. The second kappa shape index (κ2) is 7.26. The number of methoxy groups -OCH3 is 2. The summed E-state index contributed by atoms with van der Waals surface area (Å²) >= 11 is 0. The molecule has 1 N–H and O–H groups in total. The van der Waals surface area contributed by atoms with E-state index in [0.717, 1.165) is 0 Å². The third kappa shape index (κ3) is 4.19. The molecule has 0 aliphatic rings. The van der Waals surface area contributed by atoms with Crippen molar-refractivity contribution in [3.63, 3.8) is 0 Å². The largest absolute Gasteiger partial charge is 0.497 e. The second-order valence-corrected chi connectivity index (χ2v) is 4.71. The van der Waals surface area contributed by atoms with Gasteiger partial charge in [0.15, 0.2) is 0 Å². The van der Waals surface area contributed by atoms with Crippen molar-refractivity contribution in [1.29, 1.82) is 0 Å². The number of hydrogen-bond acceptors (Lipinski definition) is 5. The van der Waals surface area contributed by atoms with Crippen LogP contribution in [0.5, 0.6) is 11.5 Å². The molecule has 0 aromatic heterocycles. The van der Waals surface area contributed by atoms with Crippen molar-refractivity contribution in [3.8, 4) is 11.5 Å². The molecule has 0 heterocycles. The Bertz CT molecular complexity index is 713. The lowest BCUT2D eigenvalue weighted by atomic mass is 10.1. The van der Waals surface area contributed by atoms with E-state index in [2.05, 4.69) is 5.32 Å². The van der Waals surface area contributed by atoms with Gasteiger partial charge in [-0.25, -0.2) is 0 Å². The summed E-state index contributed by atoms with van der Waals surface area (Å²) in [6.45, 7) is 0. The molecule has 7 nitrogen and oxygen atoms in total. The Labute approximate surface area is 133 Å². The molecule has 120 valence electrons. The van der Waals surface area contributed by atoms with Crippen LogP contribution >= 0.6 is 0 Å². The van der Waals surface area contributed by atoms with Gasteiger partial charge < -0.3 is 14.8 Å². The van der Waals surface area contributed by atoms with Gasteiger partial charge in [-0.2, -0.15) is 0 Å². The van der Waals surface area contributed by atoms with Gasteiger partial charge in [0, 0.05) is 18.2 Å². The monoisotopic (exact) mass is 316 g/mol. The number of anilines is 1. The molecule has 7 heteroatoms. The van der Waals surface area contributed by atoms with Crippen molar-refractivity contribution in [2.45, 2.75) is 6.42 Å². The zero-order chi connectivity index (χ0) is 16.8. The molecule has 0 fully saturated rings. The van der Waals surface area contributed by atoms with E-state index in [1.807, 2.05) is 0 Å². The number of carbonyl (C=O) groups is 1. The number of nitro groups is 1. The van der Waals surface area contributed by atoms with Crippen LogP contribution in [0.25, 0.3) is 0 Å². The number of rotatable bonds is 6. The summed E-state index contributed by atoms with van der Waals surface area (Å²) in [4.78, 5) is 22.2. The van der Waals surface area contributed by atoms with Crippen LogP contribution in [0.3, 0.4) is 0 Å². The van der Waals surface area contributed by atoms with Crippen LogP contribution in [0.1, 0.15) is 5.56 Å². The number of nitrogens with one attached hydrogen (secondary N) is 1. The SMILES string of the molecule is COc1ccc(NC(=O)Cc2ccc([N+](=O)[O-])cc2)c(OC)c1. The van der Waals surface area contributed by atoms with Gasteiger partial charge in [0.1, 0.15) is 11.5 Å². The highest BCUT2D eigenvalue weighted by Crippen LogP contribution is 2.29. The van der Waals surface area contributed by atoms with Crippen molar-refractivity contribution < 1.29 is 19.2 Å². The minimum Gasteiger partial charge on any atom is -0.497 e. The summed E-state index contributed by atoms with van der Waals surface area (Å²) in [7, 11) is 3.04. The summed E-state index contributed by atoms with van der Waals surface area (Å²) < 4.78 is 10.3. The summed E-state index contributed by atoms with van der Waals surface area (Å²) in [5, 5.41) is 13.3. The van der Waals surface area contributed by atoms with Gasteiger partial charge in [0.2, 0.25) is 5.91 Å². The quantitative estimate of drug-likeness (QED) is 0.653. The Kier molecular flexibility index (Phi) is 5.14. The summed E-state index contributed by atoms with van der Waals surface area (Å²) in [6, 6.07) is 10.9. The van der Waals surface area contributed by atoms with Crippen LogP contribution in [-0.4, -0.2) is 25.1 Å². The average molecular weight is 316 g/mol. The fourth-order valence-corrected chi connectivity index (χ4v) is 2.02. The number of nitrogens with zero attached hydrogens (tertiary/aromatic N) is 1. The van der Waals surface area contributed by atoms with Crippen molar-refractivity contribution in [3.05, 3.63) is 58.1 Å².